The lowest BCUT2D eigenvalue weighted by molar-refractivity contribution is 0.0965. The third-order valence-corrected chi connectivity index (χ3v) is 1.93. The molecular weight excluding hydrogens is 184 g/mol. The van der Waals surface area contributed by atoms with Crippen molar-refractivity contribution >= 4 is 11.7 Å². The molecule has 0 aromatic heterocycles. The van der Waals surface area contributed by atoms with Crippen LogP contribution in [0, 0.1) is 0 Å². The smallest absolute Gasteiger partial charge is 0.195 e. The summed E-state index contributed by atoms with van der Waals surface area (Å²) < 4.78 is 5.04. The number of benzene rings is 1. The summed E-state index contributed by atoms with van der Waals surface area (Å²) in [7, 11) is 0. The van der Waals surface area contributed by atoms with Gasteiger partial charge in [0.1, 0.15) is 11.5 Å². The second-order valence-electron chi connectivity index (χ2n) is 2.91. The van der Waals surface area contributed by atoms with Gasteiger partial charge in [-0.2, -0.15) is 0 Å². The third kappa shape index (κ3) is 1.28. The molecule has 0 aliphatic carbocycles. The van der Waals surface area contributed by atoms with E-state index in [0.29, 0.717) is 5.56 Å². The molecule has 1 aromatic rings. The Morgan fingerprint density at radius 2 is 2.21 bits per heavy atom. The predicted octanol–water partition coefficient (Wildman–Crippen LogP) is 1.07. The molecule has 0 fully saturated rings. The van der Waals surface area contributed by atoms with E-state index in [0.717, 1.165) is 0 Å². The molecule has 0 saturated heterocycles. The number of hydrogen-bond acceptors (Lipinski definition) is 4. The van der Waals surface area contributed by atoms with Crippen LogP contribution in [-0.2, 0) is 4.79 Å². The van der Waals surface area contributed by atoms with Crippen molar-refractivity contribution in [1.82, 2.24) is 0 Å². The normalized spacial score (nSPS) is 14.3. The van der Waals surface area contributed by atoms with Crippen LogP contribution in [0.4, 0.5) is 0 Å². The number of fused-ring (bicyclic) bond motifs is 1. The van der Waals surface area contributed by atoms with Gasteiger partial charge in [-0.1, -0.05) is 0 Å². The van der Waals surface area contributed by atoms with E-state index >= 15 is 0 Å². The van der Waals surface area contributed by atoms with E-state index in [9.17, 15) is 9.59 Å². The molecule has 0 radical (unpaired) electrons. The molecule has 1 aliphatic heterocycles. The van der Waals surface area contributed by atoms with Crippen LogP contribution >= 0.6 is 0 Å². The van der Waals surface area contributed by atoms with Crippen molar-refractivity contribution in [2.75, 3.05) is 0 Å². The first-order valence-corrected chi connectivity index (χ1v) is 3.99. The van der Waals surface area contributed by atoms with E-state index in [4.69, 9.17) is 9.84 Å². The van der Waals surface area contributed by atoms with Crippen molar-refractivity contribution in [3.63, 3.8) is 0 Å². The zero-order valence-corrected chi connectivity index (χ0v) is 7.11. The number of carbonyl (C=O) groups excluding carboxylic acids is 2. The Labute approximate surface area is 79.4 Å². The fraction of sp³-hybridized carbons (Fsp3) is 0.100. The Bertz CT molecular complexity index is 455. The van der Waals surface area contributed by atoms with Gasteiger partial charge in [0, 0.05) is 6.07 Å². The SMILES string of the molecule is O=C=C1CC(=O)c2ccc(O)cc2O1. The molecule has 4 nitrogen and oxygen atoms in total. The highest BCUT2D eigenvalue weighted by atomic mass is 16.5. The van der Waals surface area contributed by atoms with Crippen LogP contribution in [0.15, 0.2) is 24.0 Å². The molecule has 1 aliphatic rings. The molecule has 0 bridgehead atoms. The van der Waals surface area contributed by atoms with E-state index in [2.05, 4.69) is 0 Å². The zero-order valence-electron chi connectivity index (χ0n) is 7.11. The Hall–Kier alpha value is -2.06. The van der Waals surface area contributed by atoms with E-state index in [1.807, 2.05) is 0 Å². The minimum absolute atomic E-state index is 0.0105. The molecule has 4 heteroatoms. The van der Waals surface area contributed by atoms with Crippen LogP contribution < -0.4 is 4.74 Å². The first-order chi connectivity index (χ1) is 6.70. The van der Waals surface area contributed by atoms with Gasteiger partial charge in [0.05, 0.1) is 12.0 Å². The highest BCUT2D eigenvalue weighted by molar-refractivity contribution is 6.02. The molecule has 70 valence electrons. The van der Waals surface area contributed by atoms with Gasteiger partial charge in [-0.15, -0.1) is 0 Å². The first-order valence-electron chi connectivity index (χ1n) is 3.99. The summed E-state index contributed by atoms with van der Waals surface area (Å²) in [6.45, 7) is 0. The zero-order chi connectivity index (χ0) is 10.1. The van der Waals surface area contributed by atoms with E-state index in [-0.39, 0.29) is 29.5 Å². The van der Waals surface area contributed by atoms with Crippen molar-refractivity contribution in [3.8, 4) is 11.5 Å². The molecule has 0 saturated carbocycles. The standard InChI is InChI=1S/C10H6O4/c11-5-7-4-9(13)8-2-1-6(12)3-10(8)14-7/h1-3,12H,4H2. The lowest BCUT2D eigenvalue weighted by atomic mass is 10.0. The molecule has 0 amide bonds. The second kappa shape index (κ2) is 3.01. The molecule has 0 atom stereocenters. The summed E-state index contributed by atoms with van der Waals surface area (Å²) >= 11 is 0. The quantitative estimate of drug-likeness (QED) is 0.621. The third-order valence-electron chi connectivity index (χ3n) is 1.93. The summed E-state index contributed by atoms with van der Waals surface area (Å²) in [5.41, 5.74) is 0.377. The fourth-order valence-corrected chi connectivity index (χ4v) is 1.29. The molecule has 0 unspecified atom stereocenters. The number of allylic oxidation sites excluding steroid dienone is 1. The van der Waals surface area contributed by atoms with Crippen LogP contribution in [0.2, 0.25) is 0 Å². The number of phenolic OH excluding ortho intramolecular Hbond substituents is 1. The molecule has 0 spiro atoms. The predicted molar refractivity (Wildman–Crippen MR) is 46.9 cm³/mol. The van der Waals surface area contributed by atoms with Crippen LogP contribution in [0.5, 0.6) is 11.5 Å². The maximum absolute atomic E-state index is 11.4. The molecule has 1 N–H and O–H groups in total. The summed E-state index contributed by atoms with van der Waals surface area (Å²) in [5.74, 6) is 1.48. The van der Waals surface area contributed by atoms with Crippen molar-refractivity contribution in [1.29, 1.82) is 0 Å². The maximum Gasteiger partial charge on any atom is 0.195 e. The van der Waals surface area contributed by atoms with Crippen molar-refractivity contribution < 1.29 is 19.4 Å². The van der Waals surface area contributed by atoms with Crippen molar-refractivity contribution in [3.05, 3.63) is 29.5 Å². The van der Waals surface area contributed by atoms with Crippen LogP contribution in [-0.4, -0.2) is 16.8 Å². The number of ether oxygens (including phenoxy) is 1. The molecule has 1 aromatic carbocycles. The topological polar surface area (TPSA) is 63.6 Å². The summed E-state index contributed by atoms with van der Waals surface area (Å²) in [6, 6.07) is 4.16. The summed E-state index contributed by atoms with van der Waals surface area (Å²) in [4.78, 5) is 21.7. The number of carbonyl (C=O) groups is 1. The average molecular weight is 190 g/mol. The number of aromatic hydroxyl groups is 1. The van der Waals surface area contributed by atoms with Gasteiger partial charge in [0.15, 0.2) is 17.5 Å². The van der Waals surface area contributed by atoms with Crippen molar-refractivity contribution in [2.45, 2.75) is 6.42 Å². The number of Topliss-reactive ketones (excluding diaryl/α,β-unsaturated/α-hetero) is 1. The van der Waals surface area contributed by atoms with Gasteiger partial charge in [-0.3, -0.25) is 4.79 Å². The van der Waals surface area contributed by atoms with Gasteiger partial charge in [-0.25, -0.2) is 4.79 Å². The lowest BCUT2D eigenvalue weighted by Gasteiger charge is -2.15. The Balaban J connectivity index is 2.56. The number of ketones is 1. The monoisotopic (exact) mass is 190 g/mol. The largest absolute Gasteiger partial charge is 0.508 e. The minimum atomic E-state index is -0.204. The number of rotatable bonds is 0. The molecule has 2 rings (SSSR count). The first kappa shape index (κ1) is 8.53. The van der Waals surface area contributed by atoms with Gasteiger partial charge in [0.25, 0.3) is 0 Å². The van der Waals surface area contributed by atoms with Crippen molar-refractivity contribution in [2.24, 2.45) is 0 Å². The van der Waals surface area contributed by atoms with E-state index < -0.39 is 0 Å². The minimum Gasteiger partial charge on any atom is -0.508 e. The number of phenols is 1. The van der Waals surface area contributed by atoms with Gasteiger partial charge >= 0.3 is 0 Å². The number of hydrogen-bond donors (Lipinski definition) is 1. The summed E-state index contributed by atoms with van der Waals surface area (Å²) in [6.07, 6.45) is -0.0682. The molecule has 14 heavy (non-hydrogen) atoms. The van der Waals surface area contributed by atoms with Gasteiger partial charge < -0.3 is 9.84 Å². The van der Waals surface area contributed by atoms with E-state index in [1.54, 1.807) is 0 Å². The van der Waals surface area contributed by atoms with E-state index in [1.165, 1.54) is 24.1 Å². The van der Waals surface area contributed by atoms with Crippen LogP contribution in [0.25, 0.3) is 0 Å². The highest BCUT2D eigenvalue weighted by Gasteiger charge is 2.23. The molecule has 1 heterocycles. The van der Waals surface area contributed by atoms with Gasteiger partial charge in [-0.05, 0) is 12.1 Å². The van der Waals surface area contributed by atoms with Crippen LogP contribution in [0.3, 0.4) is 0 Å². The highest BCUT2D eigenvalue weighted by Crippen LogP contribution is 2.31. The lowest BCUT2D eigenvalue weighted by Crippen LogP contribution is -2.13. The second-order valence-corrected chi connectivity index (χ2v) is 2.91. The van der Waals surface area contributed by atoms with Crippen LogP contribution in [0.1, 0.15) is 16.8 Å². The maximum atomic E-state index is 11.4. The molecular formula is C10H6O4. The average Bonchev–Trinajstić information content (AvgIpc) is 2.16. The Morgan fingerprint density at radius 1 is 1.43 bits per heavy atom. The fourth-order valence-electron chi connectivity index (χ4n) is 1.29. The van der Waals surface area contributed by atoms with Gasteiger partial charge in [0.2, 0.25) is 0 Å². The summed E-state index contributed by atoms with van der Waals surface area (Å²) in [5, 5.41) is 9.13. The Morgan fingerprint density at radius 3 is 2.93 bits per heavy atom. The Kier molecular flexibility index (Phi) is 1.84.